The maximum Gasteiger partial charge on any atom is 0.144 e. The predicted molar refractivity (Wildman–Crippen MR) is 61.9 cm³/mol. The van der Waals surface area contributed by atoms with Crippen LogP contribution in [-0.2, 0) is 0 Å². The summed E-state index contributed by atoms with van der Waals surface area (Å²) < 4.78 is 5.17. The number of hydrogen-bond donors (Lipinski definition) is 0. The van der Waals surface area contributed by atoms with Gasteiger partial charge in [-0.1, -0.05) is 6.07 Å². The van der Waals surface area contributed by atoms with E-state index >= 15 is 0 Å². The quantitative estimate of drug-likeness (QED) is 0.678. The molecule has 0 spiro atoms. The predicted octanol–water partition coefficient (Wildman–Crippen LogP) is 3.65. The van der Waals surface area contributed by atoms with Crippen molar-refractivity contribution in [2.75, 3.05) is 0 Å². The van der Waals surface area contributed by atoms with E-state index in [0.717, 1.165) is 11.4 Å². The number of benzene rings is 1. The molecule has 0 saturated carbocycles. The van der Waals surface area contributed by atoms with E-state index in [9.17, 15) is 0 Å². The average molecular weight is 199 g/mol. The lowest BCUT2D eigenvalue weighted by Gasteiger charge is -1.98. The molecule has 0 N–H and O–H groups in total. The van der Waals surface area contributed by atoms with Gasteiger partial charge in [0.1, 0.15) is 5.76 Å². The molecule has 0 bridgehead atoms. The van der Waals surface area contributed by atoms with E-state index in [0.29, 0.717) is 0 Å². The highest BCUT2D eigenvalue weighted by Crippen LogP contribution is 2.16. The van der Waals surface area contributed by atoms with E-state index in [1.165, 1.54) is 11.1 Å². The topological polar surface area (TPSA) is 25.5 Å². The Balaban J connectivity index is 2.24. The maximum atomic E-state index is 5.17. The first kappa shape index (κ1) is 9.71. The summed E-state index contributed by atoms with van der Waals surface area (Å²) in [6.07, 6.45) is 3.37. The molecule has 0 aliphatic rings. The molecule has 2 aromatic rings. The normalized spacial score (nSPS) is 11.1. The summed E-state index contributed by atoms with van der Waals surface area (Å²) >= 11 is 0. The molecule has 0 fully saturated rings. The van der Waals surface area contributed by atoms with Crippen LogP contribution in [0, 0.1) is 13.8 Å². The van der Waals surface area contributed by atoms with Gasteiger partial charge in [0.2, 0.25) is 0 Å². The third-order valence-electron chi connectivity index (χ3n) is 2.09. The Morgan fingerprint density at radius 1 is 1.13 bits per heavy atom. The van der Waals surface area contributed by atoms with E-state index in [2.05, 4.69) is 24.9 Å². The Bertz CT molecular complexity index is 449. The standard InChI is InChI=1S/C13H13NO/c1-10-6-11(2)8-12(7-10)14-9-13-4-3-5-15-13/h3-9H,1-2H3. The van der Waals surface area contributed by atoms with Crippen molar-refractivity contribution in [2.45, 2.75) is 13.8 Å². The van der Waals surface area contributed by atoms with Crippen molar-refractivity contribution in [3.8, 4) is 0 Å². The second kappa shape index (κ2) is 4.13. The fourth-order valence-corrected chi connectivity index (χ4v) is 1.53. The smallest absolute Gasteiger partial charge is 0.144 e. The van der Waals surface area contributed by atoms with E-state index < -0.39 is 0 Å². The Morgan fingerprint density at radius 2 is 1.87 bits per heavy atom. The lowest BCUT2D eigenvalue weighted by Crippen LogP contribution is -1.78. The molecule has 0 aliphatic carbocycles. The van der Waals surface area contributed by atoms with Gasteiger partial charge in [-0.2, -0.15) is 0 Å². The van der Waals surface area contributed by atoms with Crippen molar-refractivity contribution in [3.05, 3.63) is 53.5 Å². The van der Waals surface area contributed by atoms with Crippen molar-refractivity contribution in [2.24, 2.45) is 4.99 Å². The van der Waals surface area contributed by atoms with Gasteiger partial charge < -0.3 is 4.42 Å². The zero-order valence-corrected chi connectivity index (χ0v) is 8.90. The van der Waals surface area contributed by atoms with Crippen molar-refractivity contribution >= 4 is 11.9 Å². The molecule has 76 valence electrons. The molecular formula is C13H13NO. The van der Waals surface area contributed by atoms with Crippen LogP contribution in [-0.4, -0.2) is 6.21 Å². The van der Waals surface area contributed by atoms with E-state index in [4.69, 9.17) is 4.42 Å². The first-order valence-electron chi connectivity index (χ1n) is 4.90. The lowest BCUT2D eigenvalue weighted by molar-refractivity contribution is 0.560. The number of aryl methyl sites for hydroxylation is 2. The Morgan fingerprint density at radius 3 is 2.47 bits per heavy atom. The summed E-state index contributed by atoms with van der Waals surface area (Å²) in [6.45, 7) is 4.14. The number of furan rings is 1. The summed E-state index contributed by atoms with van der Waals surface area (Å²) in [4.78, 5) is 4.35. The number of nitrogens with zero attached hydrogens (tertiary/aromatic N) is 1. The monoisotopic (exact) mass is 199 g/mol. The van der Waals surface area contributed by atoms with E-state index in [-0.39, 0.29) is 0 Å². The first-order valence-corrected chi connectivity index (χ1v) is 4.90. The van der Waals surface area contributed by atoms with Gasteiger partial charge in [0.05, 0.1) is 18.2 Å². The third kappa shape index (κ3) is 2.56. The molecule has 2 rings (SSSR count). The molecule has 0 saturated heterocycles. The zero-order chi connectivity index (χ0) is 10.7. The molecule has 0 unspecified atom stereocenters. The number of rotatable bonds is 2. The largest absolute Gasteiger partial charge is 0.463 e. The van der Waals surface area contributed by atoms with Crippen molar-refractivity contribution in [3.63, 3.8) is 0 Å². The van der Waals surface area contributed by atoms with Gasteiger partial charge in [0.15, 0.2) is 0 Å². The maximum absolute atomic E-state index is 5.17. The average Bonchev–Trinajstić information content (AvgIpc) is 2.65. The van der Waals surface area contributed by atoms with Crippen LogP contribution in [0.4, 0.5) is 5.69 Å². The molecule has 2 nitrogen and oxygen atoms in total. The zero-order valence-electron chi connectivity index (χ0n) is 8.90. The van der Waals surface area contributed by atoms with Crippen molar-refractivity contribution in [1.82, 2.24) is 0 Å². The van der Waals surface area contributed by atoms with Crippen LogP contribution >= 0.6 is 0 Å². The van der Waals surface area contributed by atoms with Gasteiger partial charge in [-0.15, -0.1) is 0 Å². The van der Waals surface area contributed by atoms with Gasteiger partial charge in [0.25, 0.3) is 0 Å². The lowest BCUT2D eigenvalue weighted by atomic mass is 10.1. The van der Waals surface area contributed by atoms with Crippen LogP contribution in [0.1, 0.15) is 16.9 Å². The molecule has 1 aromatic heterocycles. The van der Waals surface area contributed by atoms with Gasteiger partial charge in [-0.25, -0.2) is 0 Å². The third-order valence-corrected chi connectivity index (χ3v) is 2.09. The minimum Gasteiger partial charge on any atom is -0.463 e. The molecule has 0 aliphatic heterocycles. The molecule has 15 heavy (non-hydrogen) atoms. The fraction of sp³-hybridized carbons (Fsp3) is 0.154. The summed E-state index contributed by atoms with van der Waals surface area (Å²) in [5.41, 5.74) is 3.41. The van der Waals surface area contributed by atoms with Crippen LogP contribution in [0.2, 0.25) is 0 Å². The van der Waals surface area contributed by atoms with Gasteiger partial charge in [0, 0.05) is 0 Å². The first-order chi connectivity index (χ1) is 7.24. The molecule has 1 heterocycles. The molecule has 0 amide bonds. The second-order valence-corrected chi connectivity index (χ2v) is 3.62. The highest BCUT2D eigenvalue weighted by molar-refractivity contribution is 5.78. The minimum absolute atomic E-state index is 0.772. The van der Waals surface area contributed by atoms with Crippen LogP contribution in [0.15, 0.2) is 46.0 Å². The Kier molecular flexibility index (Phi) is 2.68. The van der Waals surface area contributed by atoms with Gasteiger partial charge in [-0.05, 0) is 49.2 Å². The number of aliphatic imine (C=N–C) groups is 1. The molecule has 2 heteroatoms. The van der Waals surface area contributed by atoms with Crippen molar-refractivity contribution < 1.29 is 4.42 Å². The van der Waals surface area contributed by atoms with Crippen molar-refractivity contribution in [1.29, 1.82) is 0 Å². The molecule has 0 atom stereocenters. The van der Waals surface area contributed by atoms with E-state index in [1.54, 1.807) is 12.5 Å². The second-order valence-electron chi connectivity index (χ2n) is 3.62. The highest BCUT2D eigenvalue weighted by Gasteiger charge is 1.93. The Hall–Kier alpha value is -1.83. The summed E-state index contributed by atoms with van der Waals surface area (Å²) in [5.74, 6) is 0.772. The summed E-state index contributed by atoms with van der Waals surface area (Å²) in [5, 5.41) is 0. The minimum atomic E-state index is 0.772. The van der Waals surface area contributed by atoms with Gasteiger partial charge in [-0.3, -0.25) is 4.99 Å². The van der Waals surface area contributed by atoms with E-state index in [1.807, 2.05) is 24.3 Å². The van der Waals surface area contributed by atoms with Crippen LogP contribution in [0.25, 0.3) is 0 Å². The molecule has 0 radical (unpaired) electrons. The Labute approximate surface area is 89.3 Å². The van der Waals surface area contributed by atoms with Crippen LogP contribution in [0.5, 0.6) is 0 Å². The summed E-state index contributed by atoms with van der Waals surface area (Å²) in [7, 11) is 0. The molecule has 1 aromatic carbocycles. The summed E-state index contributed by atoms with van der Waals surface area (Å²) in [6, 6.07) is 9.96. The van der Waals surface area contributed by atoms with Crippen LogP contribution in [0.3, 0.4) is 0 Å². The highest BCUT2D eigenvalue weighted by atomic mass is 16.3. The SMILES string of the molecule is Cc1cc(C)cc(N=Cc2ccco2)c1. The van der Waals surface area contributed by atoms with Gasteiger partial charge >= 0.3 is 0 Å². The fourth-order valence-electron chi connectivity index (χ4n) is 1.53. The van der Waals surface area contributed by atoms with Crippen LogP contribution < -0.4 is 0 Å². The number of hydrogen-bond acceptors (Lipinski definition) is 2. The molecular weight excluding hydrogens is 186 g/mol.